The lowest BCUT2D eigenvalue weighted by Crippen LogP contribution is -2.59. The second-order valence-electron chi connectivity index (χ2n) is 23.1. The molecule has 2 heterocycles. The van der Waals surface area contributed by atoms with Crippen LogP contribution in [0.25, 0.3) is 10.9 Å². The number of hydrogen-bond donors (Lipinski definition) is 8. The van der Waals surface area contributed by atoms with Crippen molar-refractivity contribution in [1.82, 2.24) is 41.0 Å². The van der Waals surface area contributed by atoms with Gasteiger partial charge in [0.15, 0.2) is 0 Å². The number of amides is 9. The van der Waals surface area contributed by atoms with Crippen LogP contribution in [0.5, 0.6) is 0 Å². The van der Waals surface area contributed by atoms with E-state index in [9.17, 15) is 38.4 Å². The molecule has 4 rings (SSSR count). The van der Waals surface area contributed by atoms with Crippen LogP contribution >= 0.6 is 0 Å². The number of nitrogens with two attached hydrogens (primary N) is 2. The van der Waals surface area contributed by atoms with Crippen LogP contribution in [0.15, 0.2) is 60.8 Å². The zero-order valence-electron chi connectivity index (χ0n) is 50.7. The first-order valence-corrected chi connectivity index (χ1v) is 28.8. The molecule has 11 atom stereocenters. The normalized spacial score (nSPS) is 17.2. The number of aromatic nitrogens is 1. The standard InChI is InChI=1S/C60H94N12O10/c1-15-37(8)52(71(12)59(79)50(35(4)5)69-58(78)51(36(6)7)70(10)11)47(81-13)32-48(73)72-29-19-23-46(72)53(82-14)38(9)54(74)68-45(56(76)66-42-31-40-20-16-17-21-43(40)64-33-42)30-39-24-26-41(27-25-39)65-55(75)44(22-18-28-63-60(62)80)67-57(77)49(61)34(2)3/h16-17,20-21,24-27,31,33-38,44-47,49-53H,15,18-19,22-23,28-30,32,61H2,1-14H3,(H,65,75)(H,66,76)(H,67,77)(H,68,74)(H,69,78)(H3,62,63,80)/t37-,38+,44?,45?,46-,47+,49+,50?,51+,52?,53+/m0/s1. The van der Waals surface area contributed by atoms with E-state index in [-0.39, 0.29) is 67.2 Å². The molecule has 10 N–H and O–H groups in total. The van der Waals surface area contributed by atoms with Crippen LogP contribution in [0.4, 0.5) is 16.2 Å². The van der Waals surface area contributed by atoms with Gasteiger partial charge >= 0.3 is 6.03 Å². The predicted molar refractivity (Wildman–Crippen MR) is 318 cm³/mol. The summed E-state index contributed by atoms with van der Waals surface area (Å²) in [5, 5.41) is 17.8. The number of nitrogens with zero attached hydrogens (tertiary/aromatic N) is 4. The molecule has 0 bridgehead atoms. The Hall–Kier alpha value is -6.75. The summed E-state index contributed by atoms with van der Waals surface area (Å²) >= 11 is 0. The third kappa shape index (κ3) is 18.9. The molecule has 3 aromatic rings. The number of primary amides is 1. The highest BCUT2D eigenvalue weighted by Crippen LogP contribution is 2.30. The van der Waals surface area contributed by atoms with Gasteiger partial charge in [-0.1, -0.05) is 99.1 Å². The average Bonchev–Trinajstić information content (AvgIpc) is 3.99. The molecule has 454 valence electrons. The summed E-state index contributed by atoms with van der Waals surface area (Å²) in [6.07, 6.45) is 2.35. The predicted octanol–water partition coefficient (Wildman–Crippen LogP) is 4.40. The van der Waals surface area contributed by atoms with E-state index in [4.69, 9.17) is 20.9 Å². The number of carbonyl (C=O) groups is 8. The van der Waals surface area contributed by atoms with Crippen molar-refractivity contribution in [2.45, 2.75) is 162 Å². The first-order chi connectivity index (χ1) is 38.7. The summed E-state index contributed by atoms with van der Waals surface area (Å²) in [5.41, 5.74) is 13.5. The van der Waals surface area contributed by atoms with Gasteiger partial charge in [0, 0.05) is 51.9 Å². The molecule has 0 spiro atoms. The van der Waals surface area contributed by atoms with Gasteiger partial charge in [0.05, 0.1) is 66.1 Å². The Morgan fingerprint density at radius 1 is 0.756 bits per heavy atom. The Kier molecular flexibility index (Phi) is 26.6. The Morgan fingerprint density at radius 3 is 1.98 bits per heavy atom. The first kappa shape index (κ1) is 67.8. The van der Waals surface area contributed by atoms with Crippen molar-refractivity contribution in [1.29, 1.82) is 0 Å². The van der Waals surface area contributed by atoms with E-state index >= 15 is 0 Å². The topological polar surface area (TPSA) is 302 Å². The average molecular weight is 1140 g/mol. The number of hydrogen-bond acceptors (Lipinski definition) is 13. The summed E-state index contributed by atoms with van der Waals surface area (Å²) in [4.78, 5) is 119. The number of ether oxygens (including phenoxy) is 2. The van der Waals surface area contributed by atoms with Crippen molar-refractivity contribution in [3.05, 3.63) is 66.4 Å². The monoisotopic (exact) mass is 1140 g/mol. The van der Waals surface area contributed by atoms with Crippen LogP contribution in [-0.2, 0) is 49.5 Å². The quantitative estimate of drug-likeness (QED) is 0.0415. The van der Waals surface area contributed by atoms with Crippen molar-refractivity contribution >= 4 is 69.7 Å². The minimum atomic E-state index is -1.13. The van der Waals surface area contributed by atoms with Crippen molar-refractivity contribution in [2.75, 3.05) is 59.1 Å². The van der Waals surface area contributed by atoms with Crippen molar-refractivity contribution in [2.24, 2.45) is 41.1 Å². The van der Waals surface area contributed by atoms with E-state index in [0.717, 1.165) is 10.9 Å². The highest BCUT2D eigenvalue weighted by Gasteiger charge is 2.44. The van der Waals surface area contributed by atoms with Crippen molar-refractivity contribution in [3.63, 3.8) is 0 Å². The summed E-state index contributed by atoms with van der Waals surface area (Å²) in [6, 6.07) is 9.94. The second kappa shape index (κ2) is 32.2. The number of para-hydroxylation sites is 1. The molecule has 1 fully saturated rings. The Bertz CT molecular complexity index is 2610. The molecule has 4 unspecified atom stereocenters. The van der Waals surface area contributed by atoms with Gasteiger partial charge in [-0.05, 0) is 93.3 Å². The Morgan fingerprint density at radius 2 is 1.39 bits per heavy atom. The van der Waals surface area contributed by atoms with Gasteiger partial charge in [-0.15, -0.1) is 0 Å². The van der Waals surface area contributed by atoms with E-state index in [1.807, 2.05) is 84.8 Å². The molecule has 22 heteroatoms. The molecule has 22 nitrogen and oxygen atoms in total. The zero-order chi connectivity index (χ0) is 61.1. The molecule has 1 saturated heterocycles. The number of carbonyl (C=O) groups excluding carboxylic acids is 8. The Labute approximate surface area is 485 Å². The molecule has 2 aromatic carbocycles. The fourth-order valence-electron chi connectivity index (χ4n) is 10.8. The fraction of sp³-hybridized carbons (Fsp3) is 0.617. The molecular formula is C60H94N12O10. The third-order valence-corrected chi connectivity index (χ3v) is 15.7. The number of likely N-dealkylation sites (tertiary alicyclic amines) is 1. The number of fused-ring (bicyclic) bond motifs is 1. The minimum absolute atomic E-state index is 0.00189. The third-order valence-electron chi connectivity index (χ3n) is 15.7. The lowest BCUT2D eigenvalue weighted by Gasteiger charge is -2.41. The van der Waals surface area contributed by atoms with E-state index in [1.54, 1.807) is 74.1 Å². The van der Waals surface area contributed by atoms with Gasteiger partial charge in [-0.25, -0.2) is 4.79 Å². The smallest absolute Gasteiger partial charge is 0.312 e. The van der Waals surface area contributed by atoms with Crippen LogP contribution in [0.2, 0.25) is 0 Å². The number of urea groups is 1. The van der Waals surface area contributed by atoms with Crippen LogP contribution < -0.4 is 43.4 Å². The molecule has 1 aromatic heterocycles. The fourth-order valence-corrected chi connectivity index (χ4v) is 10.8. The molecule has 82 heavy (non-hydrogen) atoms. The van der Waals surface area contributed by atoms with Gasteiger partial charge in [0.2, 0.25) is 41.4 Å². The maximum Gasteiger partial charge on any atom is 0.312 e. The number of rotatable bonds is 31. The van der Waals surface area contributed by atoms with Gasteiger partial charge in [-0.3, -0.25) is 43.4 Å². The van der Waals surface area contributed by atoms with E-state index in [0.29, 0.717) is 49.2 Å². The van der Waals surface area contributed by atoms with Crippen molar-refractivity contribution in [3.8, 4) is 0 Å². The maximum atomic E-state index is 14.6. The maximum absolute atomic E-state index is 14.6. The van der Waals surface area contributed by atoms with Gasteiger partial charge in [0.1, 0.15) is 18.1 Å². The van der Waals surface area contributed by atoms with E-state index < -0.39 is 90.1 Å². The number of methoxy groups -OCH3 is 2. The molecule has 9 amide bonds. The Balaban J connectivity index is 1.56. The SMILES string of the molecule is CC[C@H](C)C([C@@H](CC(=O)N1CCC[C@H]1[C@H](OC)[C@@H](C)C(=O)NC(Cc1ccc(NC(=O)C(CCCNC(N)=O)NC(=O)[C@H](N)C(C)C)cc1)C(=O)Nc1cnc2ccccc2c1)OC)N(C)C(=O)C(NC(=O)[C@@H](C(C)C)N(C)C)C(C)C. The van der Waals surface area contributed by atoms with Crippen LogP contribution in [0, 0.1) is 29.6 Å². The molecule has 0 radical (unpaired) electrons. The molecule has 0 aliphatic carbocycles. The summed E-state index contributed by atoms with van der Waals surface area (Å²) in [7, 11) is 8.40. The molecular weight excluding hydrogens is 1050 g/mol. The summed E-state index contributed by atoms with van der Waals surface area (Å²) in [6.45, 7) is 17.6. The lowest BCUT2D eigenvalue weighted by atomic mass is 9.89. The van der Waals surface area contributed by atoms with E-state index in [1.165, 1.54) is 14.2 Å². The van der Waals surface area contributed by atoms with Crippen LogP contribution in [0.1, 0.15) is 106 Å². The second-order valence-corrected chi connectivity index (χ2v) is 23.1. The lowest BCUT2D eigenvalue weighted by molar-refractivity contribution is -0.148. The highest BCUT2D eigenvalue weighted by atomic mass is 16.5. The number of likely N-dealkylation sites (N-methyl/N-ethyl adjacent to an activating group) is 2. The van der Waals surface area contributed by atoms with Crippen LogP contribution in [-0.4, -0.2) is 170 Å². The van der Waals surface area contributed by atoms with E-state index in [2.05, 4.69) is 36.9 Å². The molecule has 1 aliphatic heterocycles. The van der Waals surface area contributed by atoms with Gasteiger partial charge in [-0.2, -0.15) is 0 Å². The number of pyridine rings is 1. The van der Waals surface area contributed by atoms with Gasteiger partial charge < -0.3 is 62.6 Å². The largest absolute Gasteiger partial charge is 0.379 e. The summed E-state index contributed by atoms with van der Waals surface area (Å²) in [5.74, 6) is -4.18. The first-order valence-electron chi connectivity index (χ1n) is 28.8. The minimum Gasteiger partial charge on any atom is -0.379 e. The summed E-state index contributed by atoms with van der Waals surface area (Å²) < 4.78 is 12.2. The zero-order valence-corrected chi connectivity index (χ0v) is 50.7. The molecule has 0 saturated carbocycles. The molecule has 1 aliphatic rings. The van der Waals surface area contributed by atoms with Crippen LogP contribution in [0.3, 0.4) is 0 Å². The number of anilines is 2. The van der Waals surface area contributed by atoms with Crippen molar-refractivity contribution < 1.29 is 47.8 Å². The number of nitrogens with one attached hydrogen (secondary N) is 6. The number of benzene rings is 2. The highest BCUT2D eigenvalue weighted by molar-refractivity contribution is 6.00. The van der Waals surface area contributed by atoms with Gasteiger partial charge in [0.25, 0.3) is 0 Å².